The molecular formula is C28H36N2. The van der Waals surface area contributed by atoms with Crippen LogP contribution in [0.3, 0.4) is 0 Å². The van der Waals surface area contributed by atoms with Crippen molar-refractivity contribution in [2.45, 2.75) is 57.0 Å². The standard InChI is InChI=1S/C28H36N2/c1-22(2)30-21-16-26(24-12-8-6-9-13-24)23(3)27(30)17-19-28(20-18-27,29(4)5)25-14-10-7-11-15-25/h6-15H,1,16-21H2,2-5H3. The first kappa shape index (κ1) is 20.9. The van der Waals surface area contributed by atoms with E-state index < -0.39 is 0 Å². The highest BCUT2D eigenvalue weighted by atomic mass is 15.2. The van der Waals surface area contributed by atoms with Crippen molar-refractivity contribution in [3.63, 3.8) is 0 Å². The summed E-state index contributed by atoms with van der Waals surface area (Å²) in [6.07, 6.45) is 5.74. The lowest BCUT2D eigenvalue weighted by molar-refractivity contribution is 0.0209. The zero-order valence-corrected chi connectivity index (χ0v) is 19.1. The second-order valence-corrected chi connectivity index (χ2v) is 9.43. The van der Waals surface area contributed by atoms with E-state index in [0.29, 0.717) is 0 Å². The molecule has 2 aromatic rings. The van der Waals surface area contributed by atoms with Crippen LogP contribution in [0.4, 0.5) is 0 Å². The Bertz CT molecular complexity index is 916. The SMILES string of the molecule is C=C(C)N1CCC(c2ccccc2)=C(C)C12CCC(c1ccccc1)(N(C)C)CC2. The van der Waals surface area contributed by atoms with Gasteiger partial charge in [-0.15, -0.1) is 0 Å². The van der Waals surface area contributed by atoms with E-state index in [9.17, 15) is 0 Å². The first-order valence-corrected chi connectivity index (χ1v) is 11.3. The summed E-state index contributed by atoms with van der Waals surface area (Å²) in [7, 11) is 4.50. The van der Waals surface area contributed by atoms with Gasteiger partial charge in [-0.2, -0.15) is 0 Å². The van der Waals surface area contributed by atoms with E-state index in [1.54, 1.807) is 11.1 Å². The summed E-state index contributed by atoms with van der Waals surface area (Å²) < 4.78 is 0. The Hall–Kier alpha value is -2.32. The van der Waals surface area contributed by atoms with Crippen LogP contribution in [0.25, 0.3) is 5.57 Å². The van der Waals surface area contributed by atoms with Gasteiger partial charge in [0.25, 0.3) is 0 Å². The van der Waals surface area contributed by atoms with Crippen molar-refractivity contribution in [3.05, 3.63) is 89.6 Å². The Labute approximate surface area is 182 Å². The number of allylic oxidation sites excluding steroid dienone is 1. The fourth-order valence-electron chi connectivity index (χ4n) is 6.13. The molecular weight excluding hydrogens is 364 g/mol. The van der Waals surface area contributed by atoms with E-state index in [4.69, 9.17) is 0 Å². The normalized spacial score (nSPS) is 27.0. The maximum atomic E-state index is 4.38. The Morgan fingerprint density at radius 1 is 0.900 bits per heavy atom. The van der Waals surface area contributed by atoms with Crippen LogP contribution in [0.2, 0.25) is 0 Å². The molecule has 1 aliphatic heterocycles. The van der Waals surface area contributed by atoms with Gasteiger partial charge in [0, 0.05) is 17.8 Å². The molecule has 2 heteroatoms. The minimum absolute atomic E-state index is 0.0869. The average molecular weight is 401 g/mol. The summed E-state index contributed by atoms with van der Waals surface area (Å²) in [5.74, 6) is 0. The summed E-state index contributed by atoms with van der Waals surface area (Å²) in [5.41, 5.74) is 7.35. The summed E-state index contributed by atoms with van der Waals surface area (Å²) in [4.78, 5) is 5.08. The molecule has 30 heavy (non-hydrogen) atoms. The zero-order valence-electron chi connectivity index (χ0n) is 19.1. The molecule has 1 aliphatic carbocycles. The van der Waals surface area contributed by atoms with Crippen molar-refractivity contribution in [3.8, 4) is 0 Å². The van der Waals surface area contributed by atoms with Gasteiger partial charge in [0.1, 0.15) is 0 Å². The van der Waals surface area contributed by atoms with Gasteiger partial charge in [0.05, 0.1) is 5.54 Å². The molecule has 0 bridgehead atoms. The molecule has 2 aromatic carbocycles. The van der Waals surface area contributed by atoms with Crippen molar-refractivity contribution in [2.75, 3.05) is 20.6 Å². The van der Waals surface area contributed by atoms with Crippen LogP contribution in [0, 0.1) is 0 Å². The van der Waals surface area contributed by atoms with Crippen molar-refractivity contribution >= 4 is 5.57 Å². The Balaban J connectivity index is 1.75. The second kappa shape index (κ2) is 8.07. The molecule has 1 saturated carbocycles. The molecule has 2 aliphatic rings. The molecule has 0 N–H and O–H groups in total. The number of nitrogens with zero attached hydrogens (tertiary/aromatic N) is 2. The maximum absolute atomic E-state index is 4.38. The van der Waals surface area contributed by atoms with Gasteiger partial charge in [0.15, 0.2) is 0 Å². The minimum Gasteiger partial charge on any atom is -0.366 e. The van der Waals surface area contributed by atoms with Gasteiger partial charge in [-0.05, 0) is 82.3 Å². The number of hydrogen-bond acceptors (Lipinski definition) is 2. The Morgan fingerprint density at radius 2 is 1.47 bits per heavy atom. The molecule has 2 nitrogen and oxygen atoms in total. The first-order chi connectivity index (χ1) is 14.4. The highest BCUT2D eigenvalue weighted by molar-refractivity contribution is 5.71. The smallest absolute Gasteiger partial charge is 0.0615 e. The van der Waals surface area contributed by atoms with Crippen molar-refractivity contribution in [1.82, 2.24) is 9.80 Å². The lowest BCUT2D eigenvalue weighted by Gasteiger charge is -2.57. The molecule has 1 heterocycles. The highest BCUT2D eigenvalue weighted by Gasteiger charge is 2.50. The second-order valence-electron chi connectivity index (χ2n) is 9.43. The largest absolute Gasteiger partial charge is 0.366 e. The van der Waals surface area contributed by atoms with Crippen molar-refractivity contribution in [2.24, 2.45) is 0 Å². The monoisotopic (exact) mass is 400 g/mol. The van der Waals surface area contributed by atoms with Crippen LogP contribution in [-0.4, -0.2) is 36.0 Å². The molecule has 0 unspecified atom stereocenters. The third kappa shape index (κ3) is 3.32. The Morgan fingerprint density at radius 3 is 2.00 bits per heavy atom. The first-order valence-electron chi connectivity index (χ1n) is 11.3. The van der Waals surface area contributed by atoms with Gasteiger partial charge in [-0.3, -0.25) is 4.90 Å². The molecule has 0 saturated heterocycles. The lowest BCUT2D eigenvalue weighted by atomic mass is 9.63. The number of rotatable bonds is 4. The fourth-order valence-corrected chi connectivity index (χ4v) is 6.13. The summed E-state index contributed by atoms with van der Waals surface area (Å²) in [6.45, 7) is 10.0. The molecule has 1 fully saturated rings. The third-order valence-corrected chi connectivity index (χ3v) is 7.91. The number of hydrogen-bond donors (Lipinski definition) is 0. The molecule has 0 radical (unpaired) electrons. The van der Waals surface area contributed by atoms with Crippen LogP contribution >= 0.6 is 0 Å². The third-order valence-electron chi connectivity index (χ3n) is 7.91. The van der Waals surface area contributed by atoms with E-state index in [-0.39, 0.29) is 11.1 Å². The van der Waals surface area contributed by atoms with Crippen LogP contribution < -0.4 is 0 Å². The van der Waals surface area contributed by atoms with Crippen LogP contribution in [0.1, 0.15) is 57.1 Å². The van der Waals surface area contributed by atoms with E-state index >= 15 is 0 Å². The molecule has 0 aromatic heterocycles. The summed E-state index contributed by atoms with van der Waals surface area (Å²) >= 11 is 0. The maximum Gasteiger partial charge on any atom is 0.0615 e. The average Bonchev–Trinajstić information content (AvgIpc) is 2.77. The van der Waals surface area contributed by atoms with Crippen LogP contribution in [0.15, 0.2) is 78.5 Å². The topological polar surface area (TPSA) is 6.48 Å². The zero-order chi connectivity index (χ0) is 21.4. The molecule has 0 atom stereocenters. The van der Waals surface area contributed by atoms with Crippen LogP contribution in [0.5, 0.6) is 0 Å². The predicted octanol–water partition coefficient (Wildman–Crippen LogP) is 6.47. The predicted molar refractivity (Wildman–Crippen MR) is 128 cm³/mol. The molecule has 158 valence electrons. The van der Waals surface area contributed by atoms with Crippen molar-refractivity contribution < 1.29 is 0 Å². The van der Waals surface area contributed by atoms with E-state index in [2.05, 4.69) is 105 Å². The van der Waals surface area contributed by atoms with Gasteiger partial charge in [-0.25, -0.2) is 0 Å². The molecule has 4 rings (SSSR count). The van der Waals surface area contributed by atoms with Gasteiger partial charge >= 0.3 is 0 Å². The van der Waals surface area contributed by atoms with Crippen LogP contribution in [-0.2, 0) is 5.54 Å². The van der Waals surface area contributed by atoms with E-state index in [1.807, 2.05) is 0 Å². The minimum atomic E-state index is 0.0869. The van der Waals surface area contributed by atoms with E-state index in [1.165, 1.54) is 16.8 Å². The van der Waals surface area contributed by atoms with E-state index in [0.717, 1.165) is 38.6 Å². The summed E-state index contributed by atoms with van der Waals surface area (Å²) in [6, 6.07) is 22.1. The lowest BCUT2D eigenvalue weighted by Crippen LogP contribution is -2.57. The molecule has 0 amide bonds. The molecule has 1 spiro atoms. The summed E-state index contributed by atoms with van der Waals surface area (Å²) in [5, 5.41) is 0. The fraction of sp³-hybridized carbons (Fsp3) is 0.429. The Kier molecular flexibility index (Phi) is 5.63. The quantitative estimate of drug-likeness (QED) is 0.580. The number of benzene rings is 2. The highest BCUT2D eigenvalue weighted by Crippen LogP contribution is 2.53. The van der Waals surface area contributed by atoms with Gasteiger partial charge in [0.2, 0.25) is 0 Å². The van der Waals surface area contributed by atoms with Gasteiger partial charge in [-0.1, -0.05) is 67.2 Å². The van der Waals surface area contributed by atoms with Gasteiger partial charge < -0.3 is 4.90 Å². The van der Waals surface area contributed by atoms with Crippen molar-refractivity contribution in [1.29, 1.82) is 0 Å².